The predicted octanol–water partition coefficient (Wildman–Crippen LogP) is 3.75. The number of likely N-dealkylation sites (tertiary alicyclic amines) is 1. The van der Waals surface area contributed by atoms with Crippen molar-refractivity contribution >= 4 is 40.7 Å². The molecule has 0 radical (unpaired) electrons. The molecule has 2 aromatic heterocycles. The number of nitrogens with zero attached hydrogens (tertiary/aromatic N) is 5. The average Bonchev–Trinajstić information content (AvgIpc) is 3.53. The molecule has 4 rings (SSSR count). The number of rotatable bonds is 4. The molecule has 2 saturated heterocycles. The van der Waals surface area contributed by atoms with Gasteiger partial charge in [-0.2, -0.15) is 0 Å². The van der Waals surface area contributed by atoms with Crippen LogP contribution < -0.4 is 5.32 Å². The Bertz CT molecular complexity index is 1050. The van der Waals surface area contributed by atoms with Crippen LogP contribution in [0.25, 0.3) is 12.2 Å². The van der Waals surface area contributed by atoms with Gasteiger partial charge in [0, 0.05) is 68.4 Å². The Morgan fingerprint density at radius 2 is 1.76 bits per heavy atom. The van der Waals surface area contributed by atoms with Crippen molar-refractivity contribution in [3.8, 4) is 0 Å². The molecule has 3 amide bonds. The molecule has 0 spiro atoms. The number of piperazine rings is 1. The van der Waals surface area contributed by atoms with Crippen LogP contribution in [0.4, 0.5) is 14.7 Å². The van der Waals surface area contributed by atoms with E-state index in [9.17, 15) is 9.59 Å². The normalized spacial score (nSPS) is 17.5. The van der Waals surface area contributed by atoms with Crippen LogP contribution >= 0.6 is 11.3 Å². The third-order valence-corrected chi connectivity index (χ3v) is 7.20. The van der Waals surface area contributed by atoms with E-state index in [4.69, 9.17) is 14.6 Å². The number of nitrogens with one attached hydrogen (secondary N) is 1. The van der Waals surface area contributed by atoms with E-state index >= 15 is 0 Å². The number of thiazole rings is 1. The summed E-state index contributed by atoms with van der Waals surface area (Å²) < 4.78 is 5.74. The molecule has 11 nitrogen and oxygen atoms in total. The zero-order valence-electron chi connectivity index (χ0n) is 22.0. The highest BCUT2D eigenvalue weighted by atomic mass is 32.1. The molecule has 204 valence electrons. The summed E-state index contributed by atoms with van der Waals surface area (Å²) in [7, 11) is 2.06. The predicted molar refractivity (Wildman–Crippen MR) is 144 cm³/mol. The number of likely N-dealkylation sites (N-methyl/N-ethyl adjacent to an activating group) is 1. The fourth-order valence-electron chi connectivity index (χ4n) is 3.77. The Kier molecular flexibility index (Phi) is 10.1. The van der Waals surface area contributed by atoms with Crippen LogP contribution in [0.15, 0.2) is 16.8 Å². The molecule has 0 aliphatic carbocycles. The maximum atomic E-state index is 12.3. The second-order valence-corrected chi connectivity index (χ2v) is 11.4. The second-order valence-electron chi connectivity index (χ2n) is 10.3. The number of aromatic nitrogens is 2. The van der Waals surface area contributed by atoms with E-state index in [1.54, 1.807) is 12.4 Å². The summed E-state index contributed by atoms with van der Waals surface area (Å²) in [6, 6.07) is -0.0921. The lowest BCUT2D eigenvalue weighted by Gasteiger charge is -2.32. The average molecular weight is 535 g/mol. The number of carboxylic acid groups (broad SMARTS) is 1. The van der Waals surface area contributed by atoms with Gasteiger partial charge in [-0.1, -0.05) is 32.1 Å². The van der Waals surface area contributed by atoms with Crippen molar-refractivity contribution in [2.75, 3.05) is 58.2 Å². The van der Waals surface area contributed by atoms with Crippen molar-refractivity contribution in [3.05, 3.63) is 28.9 Å². The molecule has 0 unspecified atom stereocenters. The number of oxazole rings is 1. The van der Waals surface area contributed by atoms with Gasteiger partial charge in [-0.3, -0.25) is 5.32 Å². The molecule has 4 heterocycles. The first-order chi connectivity index (χ1) is 17.5. The van der Waals surface area contributed by atoms with Gasteiger partial charge in [-0.25, -0.2) is 19.6 Å². The van der Waals surface area contributed by atoms with Crippen LogP contribution in [-0.2, 0) is 5.41 Å². The van der Waals surface area contributed by atoms with Crippen LogP contribution in [0.2, 0.25) is 0 Å². The number of aliphatic hydroxyl groups excluding tert-OH is 1. The molecular weight excluding hydrogens is 496 g/mol. The minimum absolute atomic E-state index is 0.0652. The molecule has 2 aliphatic rings. The number of piperidine rings is 1. The molecule has 37 heavy (non-hydrogen) atoms. The van der Waals surface area contributed by atoms with Crippen LogP contribution in [0, 0.1) is 5.92 Å². The fourth-order valence-corrected chi connectivity index (χ4v) is 4.48. The highest BCUT2D eigenvalue weighted by molar-refractivity contribution is 7.16. The Morgan fingerprint density at radius 1 is 1.08 bits per heavy atom. The monoisotopic (exact) mass is 534 g/mol. The molecule has 0 aromatic carbocycles. The lowest BCUT2D eigenvalue weighted by molar-refractivity contribution is 0.107. The SMILES string of the molecule is CN1CCN(C(=O)Nc2ncc(/C=C/c3ncc(C(C)(C)C)o3)s2)CC1.O=C(O)N1CCC(CO)CC1. The van der Waals surface area contributed by atoms with Gasteiger partial charge >= 0.3 is 12.1 Å². The van der Waals surface area contributed by atoms with E-state index in [1.165, 1.54) is 16.2 Å². The first-order valence-electron chi connectivity index (χ1n) is 12.5. The third kappa shape index (κ3) is 8.83. The lowest BCUT2D eigenvalue weighted by atomic mass is 9.94. The highest BCUT2D eigenvalue weighted by Gasteiger charge is 2.22. The van der Waals surface area contributed by atoms with E-state index < -0.39 is 6.09 Å². The number of carbonyl (C=O) groups is 2. The zero-order valence-corrected chi connectivity index (χ0v) is 22.8. The number of urea groups is 1. The lowest BCUT2D eigenvalue weighted by Crippen LogP contribution is -2.48. The highest BCUT2D eigenvalue weighted by Crippen LogP contribution is 2.25. The molecule has 0 atom stereocenters. The summed E-state index contributed by atoms with van der Waals surface area (Å²) in [5.74, 6) is 1.72. The number of aliphatic hydroxyl groups is 1. The van der Waals surface area contributed by atoms with Gasteiger partial charge in [0.2, 0.25) is 5.89 Å². The van der Waals surface area contributed by atoms with Crippen molar-refractivity contribution in [2.24, 2.45) is 5.92 Å². The molecular formula is C25H38N6O5S. The van der Waals surface area contributed by atoms with Crippen molar-refractivity contribution in [1.82, 2.24) is 24.7 Å². The van der Waals surface area contributed by atoms with Crippen LogP contribution in [0.1, 0.15) is 50.1 Å². The van der Waals surface area contributed by atoms with Crippen molar-refractivity contribution in [3.63, 3.8) is 0 Å². The topological polar surface area (TPSA) is 135 Å². The number of amides is 3. The van der Waals surface area contributed by atoms with Gasteiger partial charge in [0.05, 0.1) is 6.20 Å². The number of hydrogen-bond donors (Lipinski definition) is 3. The Hall–Kier alpha value is -2.96. The van der Waals surface area contributed by atoms with E-state index in [0.717, 1.165) is 49.7 Å². The maximum absolute atomic E-state index is 12.3. The molecule has 2 aromatic rings. The molecule has 12 heteroatoms. The number of carbonyl (C=O) groups excluding carboxylic acids is 1. The van der Waals surface area contributed by atoms with Crippen LogP contribution in [0.5, 0.6) is 0 Å². The van der Waals surface area contributed by atoms with Crippen LogP contribution in [0.3, 0.4) is 0 Å². The maximum Gasteiger partial charge on any atom is 0.407 e. The molecule has 0 saturated carbocycles. The van der Waals surface area contributed by atoms with Crippen molar-refractivity contribution in [1.29, 1.82) is 0 Å². The number of hydrogen-bond acceptors (Lipinski definition) is 8. The van der Waals surface area contributed by atoms with E-state index in [-0.39, 0.29) is 18.1 Å². The van der Waals surface area contributed by atoms with Gasteiger partial charge in [-0.15, -0.1) is 0 Å². The van der Waals surface area contributed by atoms with Gasteiger partial charge in [0.1, 0.15) is 5.76 Å². The first-order valence-corrected chi connectivity index (χ1v) is 13.3. The Labute approximate surface area is 221 Å². The van der Waals surface area contributed by atoms with Gasteiger partial charge < -0.3 is 29.3 Å². The second kappa shape index (κ2) is 13.0. The summed E-state index contributed by atoms with van der Waals surface area (Å²) in [5.41, 5.74) is -0.0652. The summed E-state index contributed by atoms with van der Waals surface area (Å²) in [5, 5.41) is 20.8. The Balaban J connectivity index is 0.000000289. The summed E-state index contributed by atoms with van der Waals surface area (Å²) >= 11 is 1.42. The minimum atomic E-state index is -0.846. The molecule has 3 N–H and O–H groups in total. The summed E-state index contributed by atoms with van der Waals surface area (Å²) in [6.07, 6.45) is 7.94. The summed E-state index contributed by atoms with van der Waals surface area (Å²) in [6.45, 7) is 10.8. The third-order valence-electron chi connectivity index (χ3n) is 6.32. The van der Waals surface area contributed by atoms with E-state index in [2.05, 4.69) is 48.0 Å². The van der Waals surface area contributed by atoms with Gasteiger partial charge in [0.25, 0.3) is 0 Å². The van der Waals surface area contributed by atoms with Gasteiger partial charge in [-0.05, 0) is 31.9 Å². The molecule has 2 fully saturated rings. The van der Waals surface area contributed by atoms with Crippen molar-refractivity contribution in [2.45, 2.75) is 39.0 Å². The fraction of sp³-hybridized carbons (Fsp3) is 0.600. The minimum Gasteiger partial charge on any atom is -0.465 e. The van der Waals surface area contributed by atoms with Crippen LogP contribution in [-0.4, -0.2) is 99.9 Å². The Morgan fingerprint density at radius 3 is 2.32 bits per heavy atom. The summed E-state index contributed by atoms with van der Waals surface area (Å²) in [4.78, 5) is 37.6. The molecule has 2 aliphatic heterocycles. The van der Waals surface area contributed by atoms with Gasteiger partial charge in [0.15, 0.2) is 5.13 Å². The number of anilines is 1. The largest absolute Gasteiger partial charge is 0.465 e. The quantitative estimate of drug-likeness (QED) is 0.540. The van der Waals surface area contributed by atoms with E-state index in [1.807, 2.05) is 17.1 Å². The van der Waals surface area contributed by atoms with Crippen molar-refractivity contribution < 1.29 is 24.2 Å². The zero-order chi connectivity index (χ0) is 27.0. The first kappa shape index (κ1) is 28.6. The standard InChI is InChI=1S/C18H25N5O2S.C7H13NO3/c1-18(2,3)14-12-19-15(25-14)6-5-13-11-20-16(26-13)21-17(24)23-9-7-22(4)8-10-23;9-5-6-1-3-8(4-2-6)7(10)11/h5-6,11-12H,7-10H2,1-4H3,(H,20,21,24);6,9H,1-5H2,(H,10,11)/b6-5+;. The van der Waals surface area contributed by atoms with E-state index in [0.29, 0.717) is 30.0 Å². The smallest absolute Gasteiger partial charge is 0.407 e. The molecule has 0 bridgehead atoms.